The molecule has 0 radical (unpaired) electrons. The third-order valence-corrected chi connectivity index (χ3v) is 3.51. The van der Waals surface area contributed by atoms with Crippen LogP contribution in [0.3, 0.4) is 0 Å². The Morgan fingerprint density at radius 1 is 1.18 bits per heavy atom. The highest BCUT2D eigenvalue weighted by Gasteiger charge is 2.14. The molecule has 0 saturated carbocycles. The van der Waals surface area contributed by atoms with E-state index in [0.717, 1.165) is 4.68 Å². The van der Waals surface area contributed by atoms with Crippen LogP contribution in [0.5, 0.6) is 0 Å². The lowest BCUT2D eigenvalue weighted by molar-refractivity contribution is 0.101. The molecule has 2 N–H and O–H groups in total. The van der Waals surface area contributed by atoms with E-state index in [1.54, 1.807) is 44.3 Å². The maximum Gasteiger partial charge on any atom is 0.275 e. The van der Waals surface area contributed by atoms with Gasteiger partial charge in [0.2, 0.25) is 0 Å². The van der Waals surface area contributed by atoms with Crippen molar-refractivity contribution in [3.8, 4) is 0 Å². The summed E-state index contributed by atoms with van der Waals surface area (Å²) in [5.41, 5.74) is 3.11. The largest absolute Gasteiger partial charge is 0.295 e. The van der Waals surface area contributed by atoms with Gasteiger partial charge in [-0.25, -0.2) is 4.68 Å². The van der Waals surface area contributed by atoms with Gasteiger partial charge in [0.05, 0.1) is 16.6 Å². The highest BCUT2D eigenvalue weighted by Crippen LogP contribution is 2.09. The van der Waals surface area contributed by atoms with Gasteiger partial charge in [-0.15, -0.1) is 0 Å². The lowest BCUT2D eigenvalue weighted by Gasteiger charge is -2.11. The Hall–Kier alpha value is -3.09. The number of nitrogens with zero attached hydrogens (tertiary/aromatic N) is 2. The highest BCUT2D eigenvalue weighted by molar-refractivity contribution is 6.00. The van der Waals surface area contributed by atoms with Crippen molar-refractivity contribution in [1.29, 1.82) is 0 Å². The predicted octanol–water partition coefficient (Wildman–Crippen LogP) is 0.721. The first-order chi connectivity index (χ1) is 10.5. The minimum atomic E-state index is -0.420. The number of pyridine rings is 1. The molecule has 0 atom stereocenters. The molecule has 7 nitrogen and oxygen atoms in total. The number of aromatic amines is 1. The van der Waals surface area contributed by atoms with Crippen LogP contribution < -0.4 is 16.5 Å². The molecule has 3 rings (SSSR count). The first kappa shape index (κ1) is 13.9. The molecular weight excluding hydrogens is 284 g/mol. The summed E-state index contributed by atoms with van der Waals surface area (Å²) in [7, 11) is 1.57. The van der Waals surface area contributed by atoms with Gasteiger partial charge in [0.1, 0.15) is 0 Å². The molecule has 0 aliphatic rings. The first-order valence-corrected chi connectivity index (χ1v) is 6.67. The van der Waals surface area contributed by atoms with Crippen LogP contribution in [0.2, 0.25) is 0 Å². The van der Waals surface area contributed by atoms with Gasteiger partial charge in [0.25, 0.3) is 17.0 Å². The quantitative estimate of drug-likeness (QED) is 0.730. The van der Waals surface area contributed by atoms with E-state index in [2.05, 4.69) is 10.5 Å². The number of aromatic nitrogens is 3. The number of H-pyrrole nitrogens is 1. The van der Waals surface area contributed by atoms with Gasteiger partial charge in [-0.2, -0.15) is 0 Å². The summed E-state index contributed by atoms with van der Waals surface area (Å²) < 4.78 is 2.38. The number of amides is 1. The molecule has 0 aliphatic heterocycles. The molecule has 112 valence electrons. The Morgan fingerprint density at radius 2 is 1.86 bits per heavy atom. The number of hydrogen-bond donors (Lipinski definition) is 2. The van der Waals surface area contributed by atoms with Gasteiger partial charge >= 0.3 is 0 Å². The Balaban J connectivity index is 2.12. The van der Waals surface area contributed by atoms with E-state index >= 15 is 0 Å². The number of carbonyl (C=O) groups is 1. The molecule has 3 aromatic rings. The molecule has 2 heterocycles. The number of fused-ring (bicyclic) bond motifs is 1. The normalized spacial score (nSPS) is 10.8. The minimum absolute atomic E-state index is 0.254. The van der Waals surface area contributed by atoms with E-state index in [1.165, 1.54) is 10.7 Å². The first-order valence-electron chi connectivity index (χ1n) is 6.67. The van der Waals surface area contributed by atoms with E-state index in [-0.39, 0.29) is 5.56 Å². The second-order valence-electron chi connectivity index (χ2n) is 4.97. The van der Waals surface area contributed by atoms with Crippen molar-refractivity contribution in [2.75, 3.05) is 5.43 Å². The molecule has 1 aromatic carbocycles. The van der Waals surface area contributed by atoms with Crippen LogP contribution >= 0.6 is 0 Å². The molecule has 2 aromatic heterocycles. The molecule has 0 bridgehead atoms. The van der Waals surface area contributed by atoms with Gasteiger partial charge in [-0.3, -0.25) is 29.6 Å². The number of nitrogens with one attached hydrogen (secondary N) is 2. The van der Waals surface area contributed by atoms with Crippen LogP contribution in [0.25, 0.3) is 10.9 Å². The minimum Gasteiger partial charge on any atom is -0.295 e. The van der Waals surface area contributed by atoms with Crippen molar-refractivity contribution in [3.63, 3.8) is 0 Å². The summed E-state index contributed by atoms with van der Waals surface area (Å²) in [6, 6.07) is 9.83. The molecule has 0 spiro atoms. The zero-order valence-corrected chi connectivity index (χ0v) is 12.1. The molecule has 0 unspecified atom stereocenters. The zero-order valence-electron chi connectivity index (χ0n) is 12.1. The van der Waals surface area contributed by atoms with Gasteiger partial charge in [-0.05, 0) is 19.1 Å². The number of rotatable bonds is 2. The smallest absolute Gasteiger partial charge is 0.275 e. The van der Waals surface area contributed by atoms with Gasteiger partial charge in [0.15, 0.2) is 0 Å². The van der Waals surface area contributed by atoms with Crippen molar-refractivity contribution >= 4 is 16.8 Å². The summed E-state index contributed by atoms with van der Waals surface area (Å²) in [5, 5.41) is 3.17. The summed E-state index contributed by atoms with van der Waals surface area (Å²) in [6.07, 6.45) is 0. The maximum atomic E-state index is 12.2. The van der Waals surface area contributed by atoms with Crippen molar-refractivity contribution < 1.29 is 4.79 Å². The summed E-state index contributed by atoms with van der Waals surface area (Å²) >= 11 is 0. The number of hydrogen-bond acceptors (Lipinski definition) is 3. The summed E-state index contributed by atoms with van der Waals surface area (Å²) in [4.78, 5) is 36.4. The van der Waals surface area contributed by atoms with Crippen molar-refractivity contribution in [2.24, 2.45) is 7.05 Å². The number of carbonyl (C=O) groups excluding carboxylic acids is 1. The monoisotopic (exact) mass is 298 g/mol. The standard InChI is InChI=1S/C15H14N4O3/c1-9-13-11(16-18(2)15(13)22)8-12(20)19(9)17-14(21)10-6-4-3-5-7-10/h3-8,16H,1-2H3,(H,17,21). The van der Waals surface area contributed by atoms with Crippen LogP contribution in [0.15, 0.2) is 46.0 Å². The molecule has 7 heteroatoms. The van der Waals surface area contributed by atoms with Crippen LogP contribution in [0, 0.1) is 6.92 Å². The average molecular weight is 298 g/mol. The van der Waals surface area contributed by atoms with Crippen LogP contribution in [0.4, 0.5) is 0 Å². The zero-order chi connectivity index (χ0) is 15.9. The molecule has 0 aliphatic carbocycles. The molecule has 22 heavy (non-hydrogen) atoms. The highest BCUT2D eigenvalue weighted by atomic mass is 16.2. The summed E-state index contributed by atoms with van der Waals surface area (Å²) in [5.74, 6) is -0.419. The van der Waals surface area contributed by atoms with Crippen molar-refractivity contribution in [2.45, 2.75) is 6.92 Å². The average Bonchev–Trinajstić information content (AvgIpc) is 2.79. The van der Waals surface area contributed by atoms with Crippen LogP contribution in [-0.2, 0) is 7.05 Å². The lowest BCUT2D eigenvalue weighted by atomic mass is 10.2. The van der Waals surface area contributed by atoms with Gasteiger partial charge in [0, 0.05) is 18.7 Å². The topological polar surface area (TPSA) is 88.9 Å². The molecular formula is C15H14N4O3. The molecule has 1 amide bonds. The van der Waals surface area contributed by atoms with Gasteiger partial charge < -0.3 is 0 Å². The third kappa shape index (κ3) is 2.12. The second kappa shape index (κ2) is 5.03. The van der Waals surface area contributed by atoms with E-state index in [0.29, 0.717) is 22.2 Å². The molecule has 0 fully saturated rings. The molecule has 0 saturated heterocycles. The Kier molecular flexibility index (Phi) is 3.17. The SMILES string of the molecule is Cc1c2c(=O)n(C)[nH]c2cc(=O)n1NC(=O)c1ccccc1. The fraction of sp³-hybridized carbons (Fsp3) is 0.133. The van der Waals surface area contributed by atoms with Gasteiger partial charge in [-0.1, -0.05) is 18.2 Å². The Bertz CT molecular complexity index is 980. The third-order valence-electron chi connectivity index (χ3n) is 3.51. The summed E-state index contributed by atoms with van der Waals surface area (Å²) in [6.45, 7) is 1.62. The van der Waals surface area contributed by atoms with Crippen molar-refractivity contribution in [3.05, 3.63) is 68.4 Å². The number of aryl methyl sites for hydroxylation is 2. The number of benzene rings is 1. The Labute approximate surface area is 124 Å². The van der Waals surface area contributed by atoms with E-state index in [9.17, 15) is 14.4 Å². The predicted molar refractivity (Wildman–Crippen MR) is 82.7 cm³/mol. The van der Waals surface area contributed by atoms with Crippen LogP contribution in [0.1, 0.15) is 16.1 Å². The van der Waals surface area contributed by atoms with E-state index in [1.807, 2.05) is 0 Å². The fourth-order valence-corrected chi connectivity index (χ4v) is 2.38. The van der Waals surface area contributed by atoms with Crippen molar-refractivity contribution in [1.82, 2.24) is 14.5 Å². The Morgan fingerprint density at radius 3 is 2.55 bits per heavy atom. The van der Waals surface area contributed by atoms with E-state index < -0.39 is 11.5 Å². The van der Waals surface area contributed by atoms with Crippen LogP contribution in [-0.4, -0.2) is 20.4 Å². The fourth-order valence-electron chi connectivity index (χ4n) is 2.38. The second-order valence-corrected chi connectivity index (χ2v) is 4.97. The lowest BCUT2D eigenvalue weighted by Crippen LogP contribution is -2.34. The maximum absolute atomic E-state index is 12.2. The van der Waals surface area contributed by atoms with E-state index in [4.69, 9.17) is 0 Å².